The molecule has 0 aliphatic rings. The Morgan fingerprint density at radius 1 is 1.42 bits per heavy atom. The van der Waals surface area contributed by atoms with Crippen LogP contribution in [-0.2, 0) is 10.0 Å². The molecule has 66 valence electrons. The highest BCUT2D eigenvalue weighted by atomic mass is 32.2. The second-order valence-corrected chi connectivity index (χ2v) is 3.69. The maximum absolute atomic E-state index is 12.7. The molecule has 1 aromatic rings. The van der Waals surface area contributed by atoms with Crippen molar-refractivity contribution in [1.82, 2.24) is 0 Å². The van der Waals surface area contributed by atoms with E-state index < -0.39 is 20.7 Å². The molecule has 0 bridgehead atoms. The molecule has 0 atom stereocenters. The van der Waals surface area contributed by atoms with Crippen molar-refractivity contribution >= 4 is 10.0 Å². The molecule has 0 spiro atoms. The van der Waals surface area contributed by atoms with Crippen molar-refractivity contribution in [3.63, 3.8) is 0 Å². The van der Waals surface area contributed by atoms with Gasteiger partial charge < -0.3 is 5.11 Å². The number of hydrogen-bond donors (Lipinski definition) is 2. The maximum Gasteiger partial charge on any atom is 0.241 e. The van der Waals surface area contributed by atoms with Crippen molar-refractivity contribution in [2.75, 3.05) is 0 Å². The number of phenolic OH excluding ortho intramolecular Hbond substituents is 1. The van der Waals surface area contributed by atoms with Gasteiger partial charge in [-0.15, -0.1) is 0 Å². The Labute approximate surface area is 68.5 Å². The quantitative estimate of drug-likeness (QED) is 0.664. The third-order valence-corrected chi connectivity index (χ3v) is 2.15. The normalized spacial score (nSPS) is 11.5. The van der Waals surface area contributed by atoms with Crippen molar-refractivity contribution in [3.8, 4) is 5.75 Å². The molecule has 3 N–H and O–H groups in total. The van der Waals surface area contributed by atoms with Gasteiger partial charge in [-0.2, -0.15) is 0 Å². The van der Waals surface area contributed by atoms with Crippen molar-refractivity contribution in [2.24, 2.45) is 5.14 Å². The lowest BCUT2D eigenvalue weighted by Gasteiger charge is -1.99. The van der Waals surface area contributed by atoms with Gasteiger partial charge in [0.1, 0.15) is 16.5 Å². The van der Waals surface area contributed by atoms with Gasteiger partial charge in [0.15, 0.2) is 0 Å². The molecule has 1 rings (SSSR count). The molecule has 0 unspecified atom stereocenters. The monoisotopic (exact) mass is 191 g/mol. The summed E-state index contributed by atoms with van der Waals surface area (Å²) in [5, 5.41) is 13.5. The van der Waals surface area contributed by atoms with Crippen LogP contribution in [-0.4, -0.2) is 13.5 Å². The molecular formula is C6H6FNO3S. The summed E-state index contributed by atoms with van der Waals surface area (Å²) in [6, 6.07) is 2.61. The summed E-state index contributed by atoms with van der Waals surface area (Å²) in [6.07, 6.45) is 0. The van der Waals surface area contributed by atoms with E-state index >= 15 is 0 Å². The van der Waals surface area contributed by atoms with Gasteiger partial charge in [-0.25, -0.2) is 17.9 Å². The zero-order chi connectivity index (χ0) is 9.35. The van der Waals surface area contributed by atoms with Crippen molar-refractivity contribution in [3.05, 3.63) is 24.0 Å². The molecule has 0 aromatic heterocycles. The average Bonchev–Trinajstić information content (AvgIpc) is 1.92. The number of hydrogen-bond acceptors (Lipinski definition) is 3. The molecule has 0 heterocycles. The number of primary sulfonamides is 1. The molecule has 0 saturated carbocycles. The van der Waals surface area contributed by atoms with Crippen molar-refractivity contribution < 1.29 is 17.9 Å². The van der Waals surface area contributed by atoms with E-state index in [1.54, 1.807) is 0 Å². The summed E-state index contributed by atoms with van der Waals surface area (Å²) >= 11 is 0. The first-order valence-corrected chi connectivity index (χ1v) is 4.47. The summed E-state index contributed by atoms with van der Waals surface area (Å²) in [4.78, 5) is -0.706. The minimum atomic E-state index is -4.09. The number of benzene rings is 1. The number of nitrogens with two attached hydrogens (primary N) is 1. The Hall–Kier alpha value is -1.14. The zero-order valence-electron chi connectivity index (χ0n) is 5.86. The van der Waals surface area contributed by atoms with E-state index in [0.717, 1.165) is 18.2 Å². The Kier molecular flexibility index (Phi) is 2.03. The first-order chi connectivity index (χ1) is 5.41. The van der Waals surface area contributed by atoms with Gasteiger partial charge in [0.05, 0.1) is 0 Å². The summed E-state index contributed by atoms with van der Waals surface area (Å²) in [5.74, 6) is -1.32. The van der Waals surface area contributed by atoms with Gasteiger partial charge >= 0.3 is 0 Å². The largest absolute Gasteiger partial charge is 0.508 e. The average molecular weight is 191 g/mol. The van der Waals surface area contributed by atoms with E-state index in [-0.39, 0.29) is 5.75 Å². The lowest BCUT2D eigenvalue weighted by atomic mass is 10.3. The predicted molar refractivity (Wildman–Crippen MR) is 39.4 cm³/mol. The number of sulfonamides is 1. The van der Waals surface area contributed by atoms with Crippen LogP contribution in [0.2, 0.25) is 0 Å². The Bertz CT molecular complexity index is 401. The SMILES string of the molecule is NS(=O)(=O)c1cc(O)ccc1F. The van der Waals surface area contributed by atoms with E-state index in [0.29, 0.717) is 0 Å². The highest BCUT2D eigenvalue weighted by Gasteiger charge is 2.14. The van der Waals surface area contributed by atoms with Crippen LogP contribution < -0.4 is 5.14 Å². The van der Waals surface area contributed by atoms with Gasteiger partial charge in [0, 0.05) is 6.07 Å². The molecule has 6 heteroatoms. The van der Waals surface area contributed by atoms with Crippen LogP contribution in [0.1, 0.15) is 0 Å². The molecule has 0 radical (unpaired) electrons. The number of phenols is 1. The summed E-state index contributed by atoms with van der Waals surface area (Å²) < 4.78 is 34.0. The topological polar surface area (TPSA) is 80.4 Å². The second kappa shape index (κ2) is 2.72. The van der Waals surface area contributed by atoms with E-state index in [1.165, 1.54) is 0 Å². The molecule has 0 aliphatic carbocycles. The minimum Gasteiger partial charge on any atom is -0.508 e. The second-order valence-electron chi connectivity index (χ2n) is 2.16. The number of aromatic hydroxyl groups is 1. The fraction of sp³-hybridized carbons (Fsp3) is 0. The minimum absolute atomic E-state index is 0.347. The third kappa shape index (κ3) is 1.72. The maximum atomic E-state index is 12.7. The van der Waals surface area contributed by atoms with Crippen LogP contribution in [0, 0.1) is 5.82 Å². The molecule has 0 amide bonds. The third-order valence-electron chi connectivity index (χ3n) is 1.22. The molecule has 0 aliphatic heterocycles. The van der Waals surface area contributed by atoms with Gasteiger partial charge in [-0.1, -0.05) is 0 Å². The number of halogens is 1. The van der Waals surface area contributed by atoms with Crippen molar-refractivity contribution in [1.29, 1.82) is 0 Å². The van der Waals surface area contributed by atoms with Crippen LogP contribution in [0.4, 0.5) is 4.39 Å². The van der Waals surface area contributed by atoms with E-state index in [2.05, 4.69) is 5.14 Å². The first-order valence-electron chi connectivity index (χ1n) is 2.92. The fourth-order valence-corrected chi connectivity index (χ4v) is 1.33. The standard InChI is InChI=1S/C6H6FNO3S/c7-5-2-1-4(9)3-6(5)12(8,10)11/h1-3,9H,(H2,8,10,11). The predicted octanol–water partition coefficient (Wildman–Crippen LogP) is 0.179. The van der Waals surface area contributed by atoms with Crippen LogP contribution in [0.15, 0.2) is 23.1 Å². The van der Waals surface area contributed by atoms with E-state index in [9.17, 15) is 12.8 Å². The van der Waals surface area contributed by atoms with Crippen LogP contribution >= 0.6 is 0 Å². The van der Waals surface area contributed by atoms with Crippen LogP contribution in [0.3, 0.4) is 0 Å². The van der Waals surface area contributed by atoms with Gasteiger partial charge in [-0.05, 0) is 12.1 Å². The summed E-state index contributed by atoms with van der Waals surface area (Å²) in [6.45, 7) is 0. The molecule has 12 heavy (non-hydrogen) atoms. The summed E-state index contributed by atoms with van der Waals surface area (Å²) in [7, 11) is -4.09. The summed E-state index contributed by atoms with van der Waals surface area (Å²) in [5.41, 5.74) is 0. The van der Waals surface area contributed by atoms with Crippen LogP contribution in [0.5, 0.6) is 5.75 Å². The molecule has 1 aromatic carbocycles. The Morgan fingerprint density at radius 2 is 2.00 bits per heavy atom. The van der Waals surface area contributed by atoms with E-state index in [4.69, 9.17) is 5.11 Å². The molecule has 4 nitrogen and oxygen atoms in total. The fourth-order valence-electron chi connectivity index (χ4n) is 0.710. The van der Waals surface area contributed by atoms with Crippen LogP contribution in [0.25, 0.3) is 0 Å². The highest BCUT2D eigenvalue weighted by Crippen LogP contribution is 2.18. The first kappa shape index (κ1) is 8.95. The highest BCUT2D eigenvalue weighted by molar-refractivity contribution is 7.89. The number of rotatable bonds is 1. The Balaban J connectivity index is 3.43. The van der Waals surface area contributed by atoms with Gasteiger partial charge in [-0.3, -0.25) is 0 Å². The smallest absolute Gasteiger partial charge is 0.241 e. The van der Waals surface area contributed by atoms with Gasteiger partial charge in [0.25, 0.3) is 0 Å². The lowest BCUT2D eigenvalue weighted by Crippen LogP contribution is -2.13. The lowest BCUT2D eigenvalue weighted by molar-refractivity contribution is 0.468. The van der Waals surface area contributed by atoms with Crippen molar-refractivity contribution in [2.45, 2.75) is 4.90 Å². The Morgan fingerprint density at radius 3 is 2.42 bits per heavy atom. The molecule has 0 fully saturated rings. The molecule has 0 saturated heterocycles. The molecular weight excluding hydrogens is 185 g/mol. The van der Waals surface area contributed by atoms with E-state index in [1.807, 2.05) is 0 Å². The zero-order valence-corrected chi connectivity index (χ0v) is 6.68. The van der Waals surface area contributed by atoms with Gasteiger partial charge in [0.2, 0.25) is 10.0 Å².